The maximum absolute atomic E-state index is 12.5. The molecule has 19 heavy (non-hydrogen) atoms. The number of hydrogen-bond acceptors (Lipinski definition) is 2. The van der Waals surface area contributed by atoms with Gasteiger partial charge in [-0.2, -0.15) is 5.26 Å². The lowest BCUT2D eigenvalue weighted by atomic mass is 9.96. The molecule has 100 valence electrons. The first-order valence-corrected chi connectivity index (χ1v) is 6.77. The maximum atomic E-state index is 12.5. The Hall–Kier alpha value is -1.82. The van der Waals surface area contributed by atoms with E-state index in [1.165, 1.54) is 5.56 Å². The van der Waals surface area contributed by atoms with Gasteiger partial charge in [-0.1, -0.05) is 6.07 Å². The van der Waals surface area contributed by atoms with Crippen LogP contribution in [0.25, 0.3) is 0 Å². The minimum Gasteiger partial charge on any atom is -0.323 e. The summed E-state index contributed by atoms with van der Waals surface area (Å²) in [6, 6.07) is 8.08. The molecule has 0 aromatic heterocycles. The van der Waals surface area contributed by atoms with E-state index < -0.39 is 5.54 Å². The molecular formula is C16H20N2O. The monoisotopic (exact) mass is 256 g/mol. The van der Waals surface area contributed by atoms with Gasteiger partial charge in [0.25, 0.3) is 5.91 Å². The molecule has 3 heteroatoms. The van der Waals surface area contributed by atoms with E-state index >= 15 is 0 Å². The van der Waals surface area contributed by atoms with Crippen LogP contribution in [0.4, 0.5) is 0 Å². The third-order valence-electron chi connectivity index (χ3n) is 4.34. The zero-order chi connectivity index (χ0) is 14.0. The number of nitriles is 1. The van der Waals surface area contributed by atoms with E-state index in [-0.39, 0.29) is 5.91 Å². The Labute approximate surface area is 114 Å². The van der Waals surface area contributed by atoms with Crippen LogP contribution in [0, 0.1) is 25.2 Å². The van der Waals surface area contributed by atoms with E-state index in [0.717, 1.165) is 31.2 Å². The Morgan fingerprint density at radius 1 is 1.26 bits per heavy atom. The number of carbonyl (C=O) groups is 1. The highest BCUT2D eigenvalue weighted by atomic mass is 16.2. The number of hydrogen-bond donors (Lipinski definition) is 0. The molecule has 0 radical (unpaired) electrons. The average Bonchev–Trinajstić information content (AvgIpc) is 2.90. The minimum absolute atomic E-state index is 0.0495. The molecule has 1 saturated carbocycles. The number of amides is 1. The molecule has 1 aromatic carbocycles. The molecule has 0 N–H and O–H groups in total. The number of carbonyl (C=O) groups excluding carboxylic acids is 1. The van der Waals surface area contributed by atoms with Crippen LogP contribution in [0.15, 0.2) is 18.2 Å². The van der Waals surface area contributed by atoms with Crippen LogP contribution in [0.3, 0.4) is 0 Å². The van der Waals surface area contributed by atoms with Crippen LogP contribution < -0.4 is 0 Å². The second-order valence-electron chi connectivity index (χ2n) is 5.51. The highest BCUT2D eigenvalue weighted by Crippen LogP contribution is 2.34. The number of nitrogens with zero attached hydrogens (tertiary/aromatic N) is 2. The molecule has 0 heterocycles. The molecule has 1 fully saturated rings. The molecule has 0 unspecified atom stereocenters. The first kappa shape index (κ1) is 13.6. The largest absolute Gasteiger partial charge is 0.323 e. The van der Waals surface area contributed by atoms with E-state index in [4.69, 9.17) is 0 Å². The maximum Gasteiger partial charge on any atom is 0.254 e. The van der Waals surface area contributed by atoms with Crippen molar-refractivity contribution in [1.29, 1.82) is 5.26 Å². The molecule has 0 saturated heterocycles. The van der Waals surface area contributed by atoms with Gasteiger partial charge in [0, 0.05) is 12.6 Å². The normalized spacial score (nSPS) is 16.9. The number of benzene rings is 1. The molecule has 0 atom stereocenters. The Bertz CT molecular complexity index is 536. The Balaban J connectivity index is 2.28. The van der Waals surface area contributed by atoms with Gasteiger partial charge in [0.1, 0.15) is 5.54 Å². The van der Waals surface area contributed by atoms with Gasteiger partial charge in [0.2, 0.25) is 0 Å². The Morgan fingerprint density at radius 2 is 1.89 bits per heavy atom. The summed E-state index contributed by atoms with van der Waals surface area (Å²) in [6.07, 6.45) is 3.63. The molecule has 0 aliphatic heterocycles. The van der Waals surface area contributed by atoms with Crippen molar-refractivity contribution in [3.8, 4) is 6.07 Å². The zero-order valence-corrected chi connectivity index (χ0v) is 11.9. The molecular weight excluding hydrogens is 236 g/mol. The van der Waals surface area contributed by atoms with E-state index in [2.05, 4.69) is 6.07 Å². The van der Waals surface area contributed by atoms with E-state index in [0.29, 0.717) is 5.56 Å². The number of rotatable bonds is 2. The van der Waals surface area contributed by atoms with Crippen molar-refractivity contribution in [2.24, 2.45) is 0 Å². The molecule has 3 nitrogen and oxygen atoms in total. The summed E-state index contributed by atoms with van der Waals surface area (Å²) < 4.78 is 0. The molecule has 2 rings (SSSR count). The summed E-state index contributed by atoms with van der Waals surface area (Å²) in [4.78, 5) is 14.2. The first-order chi connectivity index (χ1) is 9.00. The fourth-order valence-corrected chi connectivity index (χ4v) is 2.74. The summed E-state index contributed by atoms with van der Waals surface area (Å²) in [6.45, 7) is 4.03. The van der Waals surface area contributed by atoms with Crippen LogP contribution in [-0.2, 0) is 0 Å². The van der Waals surface area contributed by atoms with Crippen LogP contribution >= 0.6 is 0 Å². The number of aryl methyl sites for hydroxylation is 2. The van der Waals surface area contributed by atoms with Crippen LogP contribution in [0.5, 0.6) is 0 Å². The predicted molar refractivity (Wildman–Crippen MR) is 74.8 cm³/mol. The van der Waals surface area contributed by atoms with Gasteiger partial charge in [0.15, 0.2) is 0 Å². The van der Waals surface area contributed by atoms with E-state index in [1.807, 2.05) is 32.0 Å². The topological polar surface area (TPSA) is 44.1 Å². The van der Waals surface area contributed by atoms with Crippen LogP contribution in [-0.4, -0.2) is 23.4 Å². The van der Waals surface area contributed by atoms with Crippen molar-refractivity contribution >= 4 is 5.91 Å². The van der Waals surface area contributed by atoms with Crippen molar-refractivity contribution in [1.82, 2.24) is 4.90 Å². The molecule has 0 bridgehead atoms. The smallest absolute Gasteiger partial charge is 0.254 e. The van der Waals surface area contributed by atoms with Gasteiger partial charge in [0.05, 0.1) is 6.07 Å². The van der Waals surface area contributed by atoms with Crippen molar-refractivity contribution in [3.05, 3.63) is 34.9 Å². The lowest BCUT2D eigenvalue weighted by Crippen LogP contribution is -2.46. The van der Waals surface area contributed by atoms with Crippen molar-refractivity contribution in [2.75, 3.05) is 7.05 Å². The molecule has 0 spiro atoms. The van der Waals surface area contributed by atoms with Crippen molar-refractivity contribution < 1.29 is 4.79 Å². The Kier molecular flexibility index (Phi) is 3.61. The summed E-state index contributed by atoms with van der Waals surface area (Å²) in [5, 5.41) is 9.44. The van der Waals surface area contributed by atoms with Gasteiger partial charge in [-0.05, 0) is 62.8 Å². The third-order valence-corrected chi connectivity index (χ3v) is 4.34. The minimum atomic E-state index is -0.601. The van der Waals surface area contributed by atoms with Gasteiger partial charge in [-0.3, -0.25) is 4.79 Å². The summed E-state index contributed by atoms with van der Waals surface area (Å²) in [5.74, 6) is -0.0495. The second-order valence-corrected chi connectivity index (χ2v) is 5.51. The Morgan fingerprint density at radius 3 is 2.42 bits per heavy atom. The van der Waals surface area contributed by atoms with Gasteiger partial charge < -0.3 is 4.90 Å². The SMILES string of the molecule is Cc1ccc(C(=O)N(C)C2(C#N)CCCC2)cc1C. The van der Waals surface area contributed by atoms with Crippen LogP contribution in [0.1, 0.15) is 47.2 Å². The van der Waals surface area contributed by atoms with Gasteiger partial charge >= 0.3 is 0 Å². The molecule has 1 aromatic rings. The predicted octanol–water partition coefficient (Wildman–Crippen LogP) is 3.21. The van der Waals surface area contributed by atoms with Crippen molar-refractivity contribution in [3.63, 3.8) is 0 Å². The zero-order valence-electron chi connectivity index (χ0n) is 11.9. The highest BCUT2D eigenvalue weighted by Gasteiger charge is 2.40. The van der Waals surface area contributed by atoms with Gasteiger partial charge in [-0.15, -0.1) is 0 Å². The fraction of sp³-hybridized carbons (Fsp3) is 0.500. The second kappa shape index (κ2) is 5.05. The van der Waals surface area contributed by atoms with E-state index in [1.54, 1.807) is 11.9 Å². The fourth-order valence-electron chi connectivity index (χ4n) is 2.74. The highest BCUT2D eigenvalue weighted by molar-refractivity contribution is 5.95. The summed E-state index contributed by atoms with van der Waals surface area (Å²) in [5.41, 5.74) is 2.36. The lowest BCUT2D eigenvalue weighted by Gasteiger charge is -2.32. The van der Waals surface area contributed by atoms with Crippen LogP contribution in [0.2, 0.25) is 0 Å². The summed E-state index contributed by atoms with van der Waals surface area (Å²) >= 11 is 0. The quantitative estimate of drug-likeness (QED) is 0.815. The van der Waals surface area contributed by atoms with Gasteiger partial charge in [-0.25, -0.2) is 0 Å². The first-order valence-electron chi connectivity index (χ1n) is 6.77. The lowest BCUT2D eigenvalue weighted by molar-refractivity contribution is 0.0663. The average molecular weight is 256 g/mol. The molecule has 1 aliphatic rings. The molecule has 1 amide bonds. The van der Waals surface area contributed by atoms with E-state index in [9.17, 15) is 10.1 Å². The standard InChI is InChI=1S/C16H20N2O/c1-12-6-7-14(10-13(12)2)15(19)18(3)16(11-17)8-4-5-9-16/h6-7,10H,4-5,8-9H2,1-3H3. The summed E-state index contributed by atoms with van der Waals surface area (Å²) in [7, 11) is 1.76. The third kappa shape index (κ3) is 2.35. The molecule has 1 aliphatic carbocycles. The van der Waals surface area contributed by atoms with Crippen molar-refractivity contribution in [2.45, 2.75) is 45.1 Å².